The highest BCUT2D eigenvalue weighted by Gasteiger charge is 2.14. The molecular weight excluding hydrogens is 368 g/mol. The minimum atomic E-state index is -0.269. The molecule has 0 saturated carbocycles. The molecule has 0 radical (unpaired) electrons. The minimum absolute atomic E-state index is 0.103. The number of hydrogen-bond donors (Lipinski definition) is 3. The van der Waals surface area contributed by atoms with E-state index in [1.807, 2.05) is 32.9 Å². The molecule has 8 nitrogen and oxygen atoms in total. The maximum absolute atomic E-state index is 11.8. The number of nitrogens with zero attached hydrogens (tertiary/aromatic N) is 3. The maximum Gasteiger partial charge on any atom is 0.239 e. The van der Waals surface area contributed by atoms with Crippen LogP contribution >= 0.6 is 11.6 Å². The Morgan fingerprint density at radius 1 is 1.30 bits per heavy atom. The zero-order chi connectivity index (χ0) is 19.9. The number of nitrogens with one attached hydrogen (secondary N) is 3. The predicted octanol–water partition coefficient (Wildman–Crippen LogP) is 2.01. The van der Waals surface area contributed by atoms with Crippen LogP contribution < -0.4 is 16.0 Å². The van der Waals surface area contributed by atoms with Gasteiger partial charge in [-0.2, -0.15) is 4.98 Å². The number of halogens is 1. The van der Waals surface area contributed by atoms with E-state index in [1.165, 1.54) is 0 Å². The van der Waals surface area contributed by atoms with E-state index in [4.69, 9.17) is 16.1 Å². The lowest BCUT2D eigenvalue weighted by molar-refractivity contribution is -0.121. The fraction of sp³-hybridized carbons (Fsp3) is 0.444. The third-order valence-electron chi connectivity index (χ3n) is 3.34. The Bertz CT molecular complexity index is 797. The molecule has 27 heavy (non-hydrogen) atoms. The highest BCUT2D eigenvalue weighted by atomic mass is 35.5. The monoisotopic (exact) mass is 392 g/mol. The summed E-state index contributed by atoms with van der Waals surface area (Å²) in [6, 6.07) is 7.27. The van der Waals surface area contributed by atoms with Gasteiger partial charge >= 0.3 is 0 Å². The molecule has 0 aliphatic heterocycles. The molecule has 0 atom stereocenters. The third-order valence-corrected chi connectivity index (χ3v) is 3.57. The molecule has 1 aromatic heterocycles. The summed E-state index contributed by atoms with van der Waals surface area (Å²) in [5, 5.41) is 13.5. The molecule has 2 rings (SSSR count). The molecule has 0 fully saturated rings. The Balaban J connectivity index is 1.79. The number of aliphatic imine (C=N–C) groups is 1. The zero-order valence-corrected chi connectivity index (χ0v) is 16.7. The second-order valence-electron chi connectivity index (χ2n) is 6.92. The van der Waals surface area contributed by atoms with Crippen molar-refractivity contribution < 1.29 is 9.32 Å². The SMILES string of the molecule is CN=C(NCCc1nc(-c2cccc(Cl)c2)no1)NCC(=O)NC(C)(C)C. The fourth-order valence-corrected chi connectivity index (χ4v) is 2.43. The lowest BCUT2D eigenvalue weighted by Crippen LogP contribution is -2.48. The predicted molar refractivity (Wildman–Crippen MR) is 106 cm³/mol. The van der Waals surface area contributed by atoms with Gasteiger partial charge < -0.3 is 20.5 Å². The molecule has 0 aliphatic carbocycles. The number of benzene rings is 1. The van der Waals surface area contributed by atoms with E-state index in [0.717, 1.165) is 5.56 Å². The Morgan fingerprint density at radius 3 is 2.74 bits per heavy atom. The second-order valence-corrected chi connectivity index (χ2v) is 7.36. The minimum Gasteiger partial charge on any atom is -0.356 e. The average molecular weight is 393 g/mol. The first-order valence-electron chi connectivity index (χ1n) is 8.61. The summed E-state index contributed by atoms with van der Waals surface area (Å²) in [4.78, 5) is 20.3. The Kier molecular flexibility index (Phi) is 7.18. The molecule has 9 heteroatoms. The second kappa shape index (κ2) is 9.36. The van der Waals surface area contributed by atoms with Crippen molar-refractivity contribution in [1.29, 1.82) is 0 Å². The summed E-state index contributed by atoms with van der Waals surface area (Å²) < 4.78 is 5.26. The summed E-state index contributed by atoms with van der Waals surface area (Å²) in [6.07, 6.45) is 0.516. The molecule has 0 unspecified atom stereocenters. The van der Waals surface area contributed by atoms with E-state index in [0.29, 0.717) is 35.7 Å². The van der Waals surface area contributed by atoms with Crippen molar-refractivity contribution in [2.45, 2.75) is 32.7 Å². The summed E-state index contributed by atoms with van der Waals surface area (Å²) in [5.41, 5.74) is 0.529. The number of hydrogen-bond acceptors (Lipinski definition) is 5. The van der Waals surface area contributed by atoms with Gasteiger partial charge in [0.05, 0.1) is 6.54 Å². The third kappa shape index (κ3) is 7.26. The number of carbonyl (C=O) groups excluding carboxylic acids is 1. The first kappa shape index (κ1) is 20.7. The van der Waals surface area contributed by atoms with Crippen LogP contribution in [0, 0.1) is 0 Å². The van der Waals surface area contributed by atoms with Gasteiger partial charge in [-0.1, -0.05) is 28.9 Å². The van der Waals surface area contributed by atoms with E-state index < -0.39 is 0 Å². The highest BCUT2D eigenvalue weighted by molar-refractivity contribution is 6.30. The molecule has 1 aromatic carbocycles. The Hall–Kier alpha value is -2.61. The van der Waals surface area contributed by atoms with E-state index in [2.05, 4.69) is 31.1 Å². The van der Waals surface area contributed by atoms with E-state index in [1.54, 1.807) is 19.2 Å². The normalized spacial score (nSPS) is 12.0. The average Bonchev–Trinajstić information content (AvgIpc) is 3.05. The topological polar surface area (TPSA) is 104 Å². The van der Waals surface area contributed by atoms with Gasteiger partial charge in [0.25, 0.3) is 0 Å². The van der Waals surface area contributed by atoms with Crippen molar-refractivity contribution in [2.75, 3.05) is 20.1 Å². The van der Waals surface area contributed by atoms with Gasteiger partial charge in [0.2, 0.25) is 17.6 Å². The Labute approximate surface area is 163 Å². The van der Waals surface area contributed by atoms with Gasteiger partial charge in [0, 0.05) is 36.1 Å². The van der Waals surface area contributed by atoms with Crippen LogP contribution in [-0.2, 0) is 11.2 Å². The molecule has 2 aromatic rings. The first-order chi connectivity index (χ1) is 12.8. The summed E-state index contributed by atoms with van der Waals surface area (Å²) in [7, 11) is 1.64. The van der Waals surface area contributed by atoms with Crippen LogP contribution in [0.2, 0.25) is 5.02 Å². The molecule has 0 aliphatic rings. The summed E-state index contributed by atoms with van der Waals surface area (Å²) in [5.74, 6) is 1.41. The van der Waals surface area contributed by atoms with Crippen LogP contribution in [-0.4, -0.2) is 47.7 Å². The van der Waals surface area contributed by atoms with Crippen molar-refractivity contribution in [2.24, 2.45) is 4.99 Å². The fourth-order valence-electron chi connectivity index (χ4n) is 2.24. The Morgan fingerprint density at radius 2 is 2.07 bits per heavy atom. The van der Waals surface area contributed by atoms with Gasteiger partial charge in [0.15, 0.2) is 5.96 Å². The van der Waals surface area contributed by atoms with E-state index in [-0.39, 0.29) is 18.0 Å². The van der Waals surface area contributed by atoms with Crippen LogP contribution in [0.15, 0.2) is 33.8 Å². The largest absolute Gasteiger partial charge is 0.356 e. The van der Waals surface area contributed by atoms with Crippen molar-refractivity contribution in [3.63, 3.8) is 0 Å². The molecule has 0 saturated heterocycles. The lowest BCUT2D eigenvalue weighted by atomic mass is 10.1. The van der Waals surface area contributed by atoms with Crippen molar-refractivity contribution in [3.8, 4) is 11.4 Å². The molecule has 1 amide bonds. The van der Waals surface area contributed by atoms with Crippen LogP contribution in [0.5, 0.6) is 0 Å². The number of rotatable bonds is 6. The quantitative estimate of drug-likeness (QED) is 0.513. The lowest BCUT2D eigenvalue weighted by Gasteiger charge is -2.21. The van der Waals surface area contributed by atoms with Gasteiger partial charge in [-0.3, -0.25) is 9.79 Å². The van der Waals surface area contributed by atoms with Crippen LogP contribution in [0.4, 0.5) is 0 Å². The molecule has 3 N–H and O–H groups in total. The summed E-state index contributed by atoms with van der Waals surface area (Å²) >= 11 is 5.98. The molecule has 0 spiro atoms. The smallest absolute Gasteiger partial charge is 0.239 e. The number of aromatic nitrogens is 2. The van der Waals surface area contributed by atoms with E-state index in [9.17, 15) is 4.79 Å². The zero-order valence-electron chi connectivity index (χ0n) is 16.0. The number of amides is 1. The molecule has 1 heterocycles. The van der Waals surface area contributed by atoms with Gasteiger partial charge in [-0.25, -0.2) is 0 Å². The standard InChI is InChI=1S/C18H25ClN6O2/c1-18(2,3)24-14(26)11-22-17(20-4)21-9-8-15-23-16(25-27-15)12-6-5-7-13(19)10-12/h5-7,10H,8-9,11H2,1-4H3,(H,24,26)(H2,20,21,22). The van der Waals surface area contributed by atoms with Gasteiger partial charge in [0.1, 0.15) is 0 Å². The van der Waals surface area contributed by atoms with Crippen molar-refractivity contribution >= 4 is 23.5 Å². The van der Waals surface area contributed by atoms with Crippen molar-refractivity contribution in [1.82, 2.24) is 26.1 Å². The first-order valence-corrected chi connectivity index (χ1v) is 8.98. The van der Waals surface area contributed by atoms with Gasteiger partial charge in [-0.15, -0.1) is 0 Å². The maximum atomic E-state index is 11.8. The molecular formula is C18H25ClN6O2. The number of carbonyl (C=O) groups is 1. The van der Waals surface area contributed by atoms with Crippen molar-refractivity contribution in [3.05, 3.63) is 35.2 Å². The van der Waals surface area contributed by atoms with Crippen LogP contribution in [0.25, 0.3) is 11.4 Å². The van der Waals surface area contributed by atoms with Crippen LogP contribution in [0.1, 0.15) is 26.7 Å². The van der Waals surface area contributed by atoms with E-state index >= 15 is 0 Å². The summed E-state index contributed by atoms with van der Waals surface area (Å²) in [6.45, 7) is 6.45. The van der Waals surface area contributed by atoms with Gasteiger partial charge in [-0.05, 0) is 32.9 Å². The number of guanidine groups is 1. The molecule has 0 bridgehead atoms. The van der Waals surface area contributed by atoms with Crippen LogP contribution in [0.3, 0.4) is 0 Å². The molecule has 146 valence electrons. The highest BCUT2D eigenvalue weighted by Crippen LogP contribution is 2.19.